The van der Waals surface area contributed by atoms with Crippen LogP contribution in [0.4, 0.5) is 0 Å². The van der Waals surface area contributed by atoms with Crippen LogP contribution in [0.5, 0.6) is 0 Å². The van der Waals surface area contributed by atoms with Gasteiger partial charge in [-0.3, -0.25) is 4.79 Å². The van der Waals surface area contributed by atoms with Gasteiger partial charge in [0.15, 0.2) is 0 Å². The third kappa shape index (κ3) is 3.96. The third-order valence-corrected chi connectivity index (χ3v) is 6.72. The van der Waals surface area contributed by atoms with E-state index in [4.69, 9.17) is 4.74 Å². The van der Waals surface area contributed by atoms with Crippen molar-refractivity contribution in [3.63, 3.8) is 0 Å². The Morgan fingerprint density at radius 3 is 2.58 bits per heavy atom. The van der Waals surface area contributed by atoms with Gasteiger partial charge in [-0.15, -0.1) is 0 Å². The standard InChI is InChI=1S/C22H32N2O2/c25-21-8-4-13-22(24-21)14-5-15-23-20(22)16-26-19-11-9-18(10-12-19)17-6-2-1-3-7-17/h1-3,6-7,18-20,23H,4-5,8-16H2,(H,24,25). The molecule has 2 aliphatic heterocycles. The average Bonchev–Trinajstić information content (AvgIpc) is 2.68. The summed E-state index contributed by atoms with van der Waals surface area (Å²) < 4.78 is 6.36. The molecule has 3 fully saturated rings. The van der Waals surface area contributed by atoms with Gasteiger partial charge < -0.3 is 15.4 Å². The summed E-state index contributed by atoms with van der Waals surface area (Å²) in [4.78, 5) is 12.0. The minimum absolute atomic E-state index is 0.0746. The Bertz CT molecular complexity index is 593. The van der Waals surface area contributed by atoms with Crippen molar-refractivity contribution in [2.75, 3.05) is 13.2 Å². The number of rotatable bonds is 4. The summed E-state index contributed by atoms with van der Waals surface area (Å²) in [5.41, 5.74) is 1.40. The summed E-state index contributed by atoms with van der Waals surface area (Å²) in [5.74, 6) is 0.904. The molecule has 2 unspecified atom stereocenters. The summed E-state index contributed by atoms with van der Waals surface area (Å²) in [7, 11) is 0. The van der Waals surface area contributed by atoms with Crippen LogP contribution in [0.1, 0.15) is 69.3 Å². The van der Waals surface area contributed by atoms with Gasteiger partial charge in [0.25, 0.3) is 0 Å². The Morgan fingerprint density at radius 1 is 1.04 bits per heavy atom. The maximum atomic E-state index is 12.0. The maximum absolute atomic E-state index is 12.0. The predicted octanol–water partition coefficient (Wildman–Crippen LogP) is 3.52. The molecule has 1 aromatic carbocycles. The van der Waals surface area contributed by atoms with Crippen molar-refractivity contribution in [3.8, 4) is 0 Å². The monoisotopic (exact) mass is 356 g/mol. The van der Waals surface area contributed by atoms with Crippen molar-refractivity contribution in [1.82, 2.24) is 10.6 Å². The van der Waals surface area contributed by atoms with Crippen molar-refractivity contribution in [1.29, 1.82) is 0 Å². The molecule has 3 aliphatic rings. The third-order valence-electron chi connectivity index (χ3n) is 6.72. The van der Waals surface area contributed by atoms with Gasteiger partial charge in [-0.25, -0.2) is 0 Å². The fourth-order valence-electron chi connectivity index (χ4n) is 5.20. The largest absolute Gasteiger partial charge is 0.377 e. The van der Waals surface area contributed by atoms with Crippen LogP contribution in [0.25, 0.3) is 0 Å². The van der Waals surface area contributed by atoms with E-state index in [1.165, 1.54) is 18.4 Å². The lowest BCUT2D eigenvalue weighted by molar-refractivity contribution is -0.127. The first-order chi connectivity index (χ1) is 12.8. The number of ether oxygens (including phenoxy) is 1. The van der Waals surface area contributed by atoms with E-state index >= 15 is 0 Å². The molecule has 1 amide bonds. The highest BCUT2D eigenvalue weighted by molar-refractivity contribution is 5.77. The molecule has 142 valence electrons. The van der Waals surface area contributed by atoms with Crippen molar-refractivity contribution in [2.45, 2.75) is 81.4 Å². The highest BCUT2D eigenvalue weighted by atomic mass is 16.5. The van der Waals surface area contributed by atoms with Crippen molar-refractivity contribution >= 4 is 5.91 Å². The van der Waals surface area contributed by atoms with E-state index in [0.29, 0.717) is 18.4 Å². The van der Waals surface area contributed by atoms with Crippen molar-refractivity contribution in [3.05, 3.63) is 35.9 Å². The molecule has 4 rings (SSSR count). The molecule has 0 radical (unpaired) electrons. The summed E-state index contributed by atoms with van der Waals surface area (Å²) in [6, 6.07) is 11.2. The van der Waals surface area contributed by atoms with Crippen molar-refractivity contribution < 1.29 is 9.53 Å². The highest BCUT2D eigenvalue weighted by Gasteiger charge is 2.43. The second kappa shape index (κ2) is 8.10. The Hall–Kier alpha value is -1.39. The first-order valence-electron chi connectivity index (χ1n) is 10.5. The molecule has 2 N–H and O–H groups in total. The molecule has 26 heavy (non-hydrogen) atoms. The average molecular weight is 357 g/mol. The normalized spacial score (nSPS) is 35.2. The van der Waals surface area contributed by atoms with Gasteiger partial charge >= 0.3 is 0 Å². The lowest BCUT2D eigenvalue weighted by atomic mass is 9.76. The van der Waals surface area contributed by atoms with Crippen LogP contribution in [-0.2, 0) is 9.53 Å². The van der Waals surface area contributed by atoms with Crippen molar-refractivity contribution in [2.24, 2.45) is 0 Å². The molecular formula is C22H32N2O2. The van der Waals surface area contributed by atoms with Gasteiger partial charge in [-0.1, -0.05) is 30.3 Å². The zero-order valence-corrected chi connectivity index (χ0v) is 15.7. The molecule has 0 bridgehead atoms. The number of carbonyl (C=O) groups excluding carboxylic acids is 1. The van der Waals surface area contributed by atoms with E-state index in [2.05, 4.69) is 41.0 Å². The number of hydrogen-bond acceptors (Lipinski definition) is 3. The summed E-state index contributed by atoms with van der Waals surface area (Å²) >= 11 is 0. The van der Waals surface area contributed by atoms with Gasteiger partial charge in [-0.05, 0) is 69.4 Å². The summed E-state index contributed by atoms with van der Waals surface area (Å²) in [5, 5.41) is 6.95. The van der Waals surface area contributed by atoms with Gasteiger partial charge in [-0.2, -0.15) is 0 Å². The number of hydrogen-bond donors (Lipinski definition) is 2. The fourth-order valence-corrected chi connectivity index (χ4v) is 5.20. The minimum atomic E-state index is -0.0746. The van der Waals surface area contributed by atoms with Gasteiger partial charge in [0.2, 0.25) is 5.91 Å². The van der Waals surface area contributed by atoms with Crippen LogP contribution < -0.4 is 10.6 Å². The number of benzene rings is 1. The van der Waals surface area contributed by atoms with E-state index < -0.39 is 0 Å². The number of nitrogens with one attached hydrogen (secondary N) is 2. The van der Waals surface area contributed by atoms with Crippen LogP contribution in [0.15, 0.2) is 30.3 Å². The van der Waals surface area contributed by atoms with Crippen LogP contribution in [0.3, 0.4) is 0 Å². The van der Waals surface area contributed by atoms with E-state index in [1.54, 1.807) is 0 Å². The molecule has 1 saturated carbocycles. The van der Waals surface area contributed by atoms with E-state index in [0.717, 1.165) is 51.7 Å². The molecule has 1 aliphatic carbocycles. The SMILES string of the molecule is O=C1CCCC2(CCCNC2COC2CCC(c3ccccc3)CC2)N1. The Balaban J connectivity index is 1.29. The topological polar surface area (TPSA) is 50.4 Å². The quantitative estimate of drug-likeness (QED) is 0.868. The van der Waals surface area contributed by atoms with Gasteiger partial charge in [0.1, 0.15) is 0 Å². The van der Waals surface area contributed by atoms with E-state index in [9.17, 15) is 4.79 Å². The summed E-state index contributed by atoms with van der Waals surface area (Å²) in [6.45, 7) is 1.76. The van der Waals surface area contributed by atoms with Crippen LogP contribution >= 0.6 is 0 Å². The van der Waals surface area contributed by atoms with E-state index in [-0.39, 0.29) is 17.5 Å². The molecule has 1 aromatic rings. The second-order valence-electron chi connectivity index (χ2n) is 8.39. The second-order valence-corrected chi connectivity index (χ2v) is 8.39. The molecule has 4 nitrogen and oxygen atoms in total. The molecule has 2 heterocycles. The number of amides is 1. The Kier molecular flexibility index (Phi) is 5.60. The van der Waals surface area contributed by atoms with Gasteiger partial charge in [0.05, 0.1) is 24.3 Å². The maximum Gasteiger partial charge on any atom is 0.220 e. The predicted molar refractivity (Wildman–Crippen MR) is 103 cm³/mol. The molecule has 0 aromatic heterocycles. The fraction of sp³-hybridized carbons (Fsp3) is 0.682. The van der Waals surface area contributed by atoms with Crippen LogP contribution in [0, 0.1) is 0 Å². The zero-order valence-electron chi connectivity index (χ0n) is 15.7. The van der Waals surface area contributed by atoms with Crippen LogP contribution in [-0.4, -0.2) is 36.7 Å². The lowest BCUT2D eigenvalue weighted by Gasteiger charge is -2.47. The number of piperidine rings is 2. The molecule has 2 saturated heterocycles. The van der Waals surface area contributed by atoms with Crippen LogP contribution in [0.2, 0.25) is 0 Å². The smallest absolute Gasteiger partial charge is 0.220 e. The van der Waals surface area contributed by atoms with Gasteiger partial charge in [0, 0.05) is 6.42 Å². The minimum Gasteiger partial charge on any atom is -0.377 e. The molecule has 2 atom stereocenters. The number of carbonyl (C=O) groups is 1. The molecule has 4 heteroatoms. The first kappa shape index (κ1) is 18.0. The Labute approximate surface area is 157 Å². The van der Waals surface area contributed by atoms with E-state index in [1.807, 2.05) is 0 Å². The Morgan fingerprint density at radius 2 is 1.81 bits per heavy atom. The molecule has 1 spiro atoms. The highest BCUT2D eigenvalue weighted by Crippen LogP contribution is 2.35. The molecular weight excluding hydrogens is 324 g/mol. The zero-order chi connectivity index (χ0) is 17.8. The summed E-state index contributed by atoms with van der Waals surface area (Å²) in [6.07, 6.45) is 10.1. The lowest BCUT2D eigenvalue weighted by Crippen LogP contribution is -2.67. The first-order valence-corrected chi connectivity index (χ1v) is 10.5.